The van der Waals surface area contributed by atoms with Gasteiger partial charge in [0, 0.05) is 92.9 Å². The van der Waals surface area contributed by atoms with Gasteiger partial charge in [-0.1, -0.05) is 167 Å². The molecule has 1 heterocycles. The van der Waals surface area contributed by atoms with Gasteiger partial charge < -0.3 is 58.4 Å². The fourth-order valence-corrected chi connectivity index (χ4v) is 12.6. The number of carbonyl (C=O) groups excluding carboxylic acids is 10. The minimum absolute atomic E-state index is 0.0102. The van der Waals surface area contributed by atoms with Crippen molar-refractivity contribution >= 4 is 81.3 Å². The fourth-order valence-electron chi connectivity index (χ4n) is 12.6. The van der Waals surface area contributed by atoms with Gasteiger partial charge in [0.25, 0.3) is 0 Å². The van der Waals surface area contributed by atoms with E-state index in [4.69, 9.17) is 11.5 Å². The second-order valence-corrected chi connectivity index (χ2v) is 27.7. The Balaban J connectivity index is 1.79. The van der Waals surface area contributed by atoms with Crippen LogP contribution in [0.15, 0.2) is 65.8 Å². The maximum absolute atomic E-state index is 14.8. The highest BCUT2D eigenvalue weighted by molar-refractivity contribution is 5.99. The number of Topliss-reactive ketones (excluding diaryl/α,β-unsaturated/α-hetero) is 5. The molecule has 0 unspecified atom stereocenters. The van der Waals surface area contributed by atoms with Crippen LogP contribution in [-0.4, -0.2) is 141 Å². The molecular weight excluding hydrogens is 1250 g/mol. The summed E-state index contributed by atoms with van der Waals surface area (Å²) in [5, 5.41) is 45.5. The first-order valence-electron chi connectivity index (χ1n) is 35.9. The van der Waals surface area contributed by atoms with Gasteiger partial charge in [0.05, 0.1) is 43.2 Å². The summed E-state index contributed by atoms with van der Waals surface area (Å²) >= 11 is 0. The second-order valence-electron chi connectivity index (χ2n) is 27.7. The largest absolute Gasteiger partial charge is 0.481 e. The van der Waals surface area contributed by atoms with E-state index < -0.39 is 151 Å². The third-order valence-corrected chi connectivity index (χ3v) is 18.1. The van der Waals surface area contributed by atoms with Crippen LogP contribution in [0, 0.1) is 41.4 Å². The minimum Gasteiger partial charge on any atom is -0.481 e. The van der Waals surface area contributed by atoms with Crippen molar-refractivity contribution < 1.29 is 68.1 Å². The molecule has 5 amide bonds. The van der Waals surface area contributed by atoms with Crippen molar-refractivity contribution in [3.05, 3.63) is 71.9 Å². The number of aromatic nitrogens is 1. The number of H-pyrrole nitrogens is 1. The number of rotatable bonds is 54. The minimum atomic E-state index is -1.60. The molecule has 0 aliphatic rings. The highest BCUT2D eigenvalue weighted by Gasteiger charge is 2.38. The molecular formula is C75H117N9O14. The molecule has 10 atom stereocenters. The van der Waals surface area contributed by atoms with Gasteiger partial charge in [0.1, 0.15) is 11.8 Å². The fraction of sp³-hybridized carbons (Fsp3) is 0.653. The number of carboxylic acid groups (broad SMARTS) is 1. The van der Waals surface area contributed by atoms with E-state index in [-0.39, 0.29) is 87.9 Å². The number of aliphatic imine (C=N–C) groups is 1. The van der Waals surface area contributed by atoms with Crippen LogP contribution in [0.4, 0.5) is 0 Å². The lowest BCUT2D eigenvalue weighted by atomic mass is 9.87. The van der Waals surface area contributed by atoms with E-state index in [9.17, 15) is 68.1 Å². The molecule has 98 heavy (non-hydrogen) atoms. The molecule has 0 aliphatic heterocycles. The number of guanidine groups is 1. The maximum Gasteiger partial charge on any atom is 0.305 e. The molecule has 546 valence electrons. The van der Waals surface area contributed by atoms with Gasteiger partial charge in [0.15, 0.2) is 29.1 Å². The molecule has 0 aliphatic carbocycles. The number of aliphatic hydroxyl groups excluding tert-OH is 2. The van der Waals surface area contributed by atoms with E-state index in [1.807, 2.05) is 52.0 Å². The standard InChI is InChI=1S/C75H117N9O14/c1-9-10-11-12-13-14-15-16-17-18-19-20-21-25-31-59(87)40-58(47-85)74(98)82-62(34-28-35-79-75(76)77)65(89)43-56(39-57-46-80-61-33-27-26-32-60(57)61)73(97)84-69(51(7)86)67(91)44-54(37-49(4)5)71(95)81-50(6)64(88)41-53(36-48(2)3)72(96)83-63(45-68(92)93)66(90)42-55(70(94)78-8)38-52-29-23-22-24-30-52/h22-24,26-27,29-30,32-33,46,48-51,53-56,58,62-63,69,80,85-86H,9-21,25,28,31,34-45,47H2,1-8H3,(H,78,94)(H,81,95)(H,82,98)(H,83,96)(H,84,97)(H,92,93)(H4,76,77,79)/t50-,51+,53+,54+,55+,56+,58-,62-,63-,69-/m0/s1. The molecule has 2 aromatic carbocycles. The maximum atomic E-state index is 14.8. The van der Waals surface area contributed by atoms with Crippen molar-refractivity contribution in [1.29, 1.82) is 0 Å². The molecule has 1 aromatic heterocycles. The van der Waals surface area contributed by atoms with Crippen LogP contribution in [-0.2, 0) is 65.6 Å². The number of carboxylic acids is 1. The number of aliphatic hydroxyl groups is 2. The molecule has 13 N–H and O–H groups in total. The van der Waals surface area contributed by atoms with Gasteiger partial charge in [-0.3, -0.25) is 57.7 Å². The van der Waals surface area contributed by atoms with E-state index >= 15 is 0 Å². The van der Waals surface area contributed by atoms with Crippen molar-refractivity contribution in [2.24, 2.45) is 57.9 Å². The first-order valence-corrected chi connectivity index (χ1v) is 35.9. The quantitative estimate of drug-likeness (QED) is 0.0143. The monoisotopic (exact) mass is 1370 g/mol. The molecule has 0 spiro atoms. The number of aliphatic carboxylic acids is 1. The average Bonchev–Trinajstić information content (AvgIpc) is 1.66. The summed E-state index contributed by atoms with van der Waals surface area (Å²) in [4.78, 5) is 160. The molecule has 0 fully saturated rings. The zero-order chi connectivity index (χ0) is 72.7. The van der Waals surface area contributed by atoms with E-state index in [2.05, 4.69) is 43.5 Å². The number of nitrogens with one attached hydrogen (secondary N) is 6. The van der Waals surface area contributed by atoms with Gasteiger partial charge in [-0.25, -0.2) is 0 Å². The number of fused-ring (bicyclic) bond motifs is 1. The van der Waals surface area contributed by atoms with Crippen LogP contribution in [0.2, 0.25) is 0 Å². The zero-order valence-electron chi connectivity index (χ0n) is 59.6. The van der Waals surface area contributed by atoms with Crippen LogP contribution < -0.4 is 38.1 Å². The lowest BCUT2D eigenvalue weighted by Crippen LogP contribution is -2.52. The van der Waals surface area contributed by atoms with Crippen LogP contribution in [0.3, 0.4) is 0 Å². The summed E-state index contributed by atoms with van der Waals surface area (Å²) in [6.45, 7) is 11.6. The highest BCUT2D eigenvalue weighted by atomic mass is 16.4. The predicted molar refractivity (Wildman–Crippen MR) is 380 cm³/mol. The van der Waals surface area contributed by atoms with Crippen molar-refractivity contribution in [2.45, 2.75) is 252 Å². The highest BCUT2D eigenvalue weighted by Crippen LogP contribution is 2.27. The van der Waals surface area contributed by atoms with Crippen LogP contribution in [0.1, 0.15) is 220 Å². The second kappa shape index (κ2) is 46.6. The number of benzene rings is 2. The third-order valence-electron chi connectivity index (χ3n) is 18.1. The Morgan fingerprint density at radius 3 is 1.55 bits per heavy atom. The number of aromatic amines is 1. The Kier molecular flexibility index (Phi) is 40.2. The van der Waals surface area contributed by atoms with E-state index in [0.717, 1.165) is 42.1 Å². The summed E-state index contributed by atoms with van der Waals surface area (Å²) < 4.78 is 0. The number of hydrogen-bond acceptors (Lipinski definition) is 14. The van der Waals surface area contributed by atoms with Crippen molar-refractivity contribution in [3.63, 3.8) is 0 Å². The van der Waals surface area contributed by atoms with E-state index in [0.29, 0.717) is 12.0 Å². The SMILES string of the molecule is CCCCCCCCCCCCCCCCC(=O)C[C@@H](CO)C(=O)N[C@@H](CCCN=C(N)N)C(=O)C[C@@H](Cc1c[nH]c2ccccc12)C(=O)N[C@H](C(=O)C[C@@H](CC(C)C)C(=O)N[C@@H](C)C(=O)C[C@@H](CC(C)C)C(=O)N[C@@H](CC(=O)O)C(=O)C[C@@H](Cc1ccccc1)C(=O)NC)[C@@H](C)O. The van der Waals surface area contributed by atoms with E-state index in [1.54, 1.807) is 36.5 Å². The number of nitrogens with zero attached hydrogens (tertiary/aromatic N) is 1. The summed E-state index contributed by atoms with van der Waals surface area (Å²) in [6, 6.07) is 10.7. The molecule has 3 aromatic rings. The van der Waals surface area contributed by atoms with Crippen LogP contribution >= 0.6 is 0 Å². The summed E-state index contributed by atoms with van der Waals surface area (Å²) in [7, 11) is 1.42. The Labute approximate surface area is 580 Å². The predicted octanol–water partition coefficient (Wildman–Crippen LogP) is 8.40. The Morgan fingerprint density at radius 2 is 1.01 bits per heavy atom. The number of amides is 5. The molecule has 0 saturated heterocycles. The number of hydrogen-bond donors (Lipinski definition) is 11. The van der Waals surface area contributed by atoms with Crippen molar-refractivity contribution in [1.82, 2.24) is 31.6 Å². The van der Waals surface area contributed by atoms with Crippen LogP contribution in [0.25, 0.3) is 10.9 Å². The zero-order valence-corrected chi connectivity index (χ0v) is 59.6. The Hall–Kier alpha value is -7.66. The topological polar surface area (TPSA) is 389 Å². The molecule has 0 bridgehead atoms. The lowest BCUT2D eigenvalue weighted by Gasteiger charge is -2.27. The summed E-state index contributed by atoms with van der Waals surface area (Å²) in [5.74, 6) is -13.5. The number of para-hydroxylation sites is 1. The normalized spacial score (nSPS) is 14.5. The smallest absolute Gasteiger partial charge is 0.305 e. The van der Waals surface area contributed by atoms with Crippen LogP contribution in [0.5, 0.6) is 0 Å². The molecule has 3 rings (SSSR count). The number of nitrogens with two attached hydrogens (primary N) is 2. The number of carbonyl (C=O) groups is 11. The molecule has 0 saturated carbocycles. The van der Waals surface area contributed by atoms with E-state index in [1.165, 1.54) is 78.7 Å². The molecule has 23 heteroatoms. The van der Waals surface area contributed by atoms with Gasteiger partial charge in [0.2, 0.25) is 29.5 Å². The van der Waals surface area contributed by atoms with Crippen molar-refractivity contribution in [3.8, 4) is 0 Å². The number of unbranched alkanes of at least 4 members (excludes halogenated alkanes) is 13. The Bertz CT molecular complexity index is 3010. The average molecular weight is 1370 g/mol. The first kappa shape index (κ1) is 84.6. The molecule has 0 radical (unpaired) electrons. The van der Waals surface area contributed by atoms with Gasteiger partial charge in [-0.15, -0.1) is 0 Å². The summed E-state index contributed by atoms with van der Waals surface area (Å²) in [5.41, 5.74) is 13.3. The first-order chi connectivity index (χ1) is 46.7. The van der Waals surface area contributed by atoms with Gasteiger partial charge >= 0.3 is 5.97 Å². The third kappa shape index (κ3) is 32.8. The van der Waals surface area contributed by atoms with Gasteiger partial charge in [-0.05, 0) is 87.8 Å². The lowest BCUT2D eigenvalue weighted by molar-refractivity contribution is -0.141. The van der Waals surface area contributed by atoms with Gasteiger partial charge in [-0.2, -0.15) is 0 Å². The summed E-state index contributed by atoms with van der Waals surface area (Å²) in [6.07, 6.45) is 14.5. The Morgan fingerprint density at radius 1 is 0.520 bits per heavy atom. The number of ketones is 5. The molecule has 23 nitrogen and oxygen atoms in total. The van der Waals surface area contributed by atoms with Crippen molar-refractivity contribution in [2.75, 3.05) is 20.2 Å².